The number of hydrogen-bond donors (Lipinski definition) is 1. The lowest BCUT2D eigenvalue weighted by Crippen LogP contribution is -2.42. The average Bonchev–Trinajstić information content (AvgIpc) is 3.59. The number of nitrogens with zero attached hydrogens (tertiary/aromatic N) is 3. The lowest BCUT2D eigenvalue weighted by atomic mass is 9.92. The van der Waals surface area contributed by atoms with Gasteiger partial charge in [0, 0.05) is 42.3 Å². The van der Waals surface area contributed by atoms with E-state index in [0.717, 1.165) is 16.1 Å². The SMILES string of the molecule is COc1cnc(OC)c2c1C(C(=O)C(=O)N1CCC(=C(c3ccccc3)c3nccs3)CC1)CN2. The summed E-state index contributed by atoms with van der Waals surface area (Å²) in [5, 5.41) is 6.12. The van der Waals surface area contributed by atoms with Crippen molar-refractivity contribution in [1.82, 2.24) is 14.9 Å². The standard InChI is InChI=1S/C26H26N4O4S/c1-33-19-15-29-24(34-2)22-21(19)18(14-28-22)23(31)26(32)30-11-8-17(9-12-30)20(25-27-10-13-35-25)16-6-4-3-5-7-16/h3-7,10,13,15,18,28H,8-9,11-12,14H2,1-2H3. The Morgan fingerprint density at radius 3 is 2.51 bits per heavy atom. The molecule has 1 N–H and O–H groups in total. The second kappa shape index (κ2) is 9.87. The number of nitrogens with one attached hydrogen (secondary N) is 1. The fourth-order valence-corrected chi connectivity index (χ4v) is 5.57. The number of amides is 1. The van der Waals surface area contributed by atoms with E-state index < -0.39 is 17.6 Å². The Kier molecular flexibility index (Phi) is 6.50. The van der Waals surface area contributed by atoms with Crippen LogP contribution in [0.2, 0.25) is 0 Å². The van der Waals surface area contributed by atoms with E-state index in [2.05, 4.69) is 27.4 Å². The number of hydrogen-bond acceptors (Lipinski definition) is 8. The summed E-state index contributed by atoms with van der Waals surface area (Å²) < 4.78 is 10.8. The number of rotatable bonds is 6. The molecule has 35 heavy (non-hydrogen) atoms. The number of thiazole rings is 1. The molecule has 1 amide bonds. The highest BCUT2D eigenvalue weighted by molar-refractivity contribution is 7.10. The highest BCUT2D eigenvalue weighted by Gasteiger charge is 2.39. The van der Waals surface area contributed by atoms with Gasteiger partial charge < -0.3 is 19.7 Å². The van der Waals surface area contributed by atoms with Crippen molar-refractivity contribution >= 4 is 34.3 Å². The minimum Gasteiger partial charge on any atom is -0.495 e. The third kappa shape index (κ3) is 4.27. The van der Waals surface area contributed by atoms with Crippen LogP contribution >= 0.6 is 11.3 Å². The second-order valence-corrected chi connectivity index (χ2v) is 9.29. The van der Waals surface area contributed by atoms with Crippen LogP contribution in [-0.4, -0.2) is 60.4 Å². The van der Waals surface area contributed by atoms with Crippen molar-refractivity contribution in [2.45, 2.75) is 18.8 Å². The van der Waals surface area contributed by atoms with E-state index >= 15 is 0 Å². The summed E-state index contributed by atoms with van der Waals surface area (Å²) in [5.41, 5.74) is 4.75. The lowest BCUT2D eigenvalue weighted by Gasteiger charge is -2.30. The molecule has 2 aliphatic rings. The molecule has 5 rings (SSSR count). The fourth-order valence-electron chi connectivity index (χ4n) is 4.82. The summed E-state index contributed by atoms with van der Waals surface area (Å²) in [5.74, 6) is -0.698. The molecule has 1 fully saturated rings. The third-order valence-corrected chi connectivity index (χ3v) is 7.33. The van der Waals surface area contributed by atoms with Crippen molar-refractivity contribution in [3.63, 3.8) is 0 Å². The molecule has 1 aromatic carbocycles. The predicted octanol–water partition coefficient (Wildman–Crippen LogP) is 3.76. The first-order valence-corrected chi connectivity index (χ1v) is 12.4. The number of methoxy groups -OCH3 is 2. The van der Waals surface area contributed by atoms with Crippen molar-refractivity contribution in [2.75, 3.05) is 39.2 Å². The first kappa shape index (κ1) is 23.0. The molecular formula is C26H26N4O4S. The molecule has 180 valence electrons. The maximum Gasteiger partial charge on any atom is 0.290 e. The Labute approximate surface area is 207 Å². The Hall–Kier alpha value is -3.72. The van der Waals surface area contributed by atoms with Gasteiger partial charge in [-0.2, -0.15) is 0 Å². The van der Waals surface area contributed by atoms with Crippen molar-refractivity contribution in [2.24, 2.45) is 0 Å². The van der Waals surface area contributed by atoms with Gasteiger partial charge in [-0.1, -0.05) is 35.9 Å². The molecule has 0 saturated carbocycles. The quantitative estimate of drug-likeness (QED) is 0.526. The zero-order valence-electron chi connectivity index (χ0n) is 19.6. The molecule has 8 nitrogen and oxygen atoms in total. The van der Waals surface area contributed by atoms with Gasteiger partial charge >= 0.3 is 0 Å². The summed E-state index contributed by atoms with van der Waals surface area (Å²) in [6, 6.07) is 10.2. The molecule has 2 aliphatic heterocycles. The molecule has 9 heteroatoms. The highest BCUT2D eigenvalue weighted by atomic mass is 32.1. The van der Waals surface area contributed by atoms with Crippen molar-refractivity contribution in [3.8, 4) is 11.6 Å². The second-order valence-electron chi connectivity index (χ2n) is 8.40. The van der Waals surface area contributed by atoms with Crippen molar-refractivity contribution in [3.05, 3.63) is 69.8 Å². The maximum absolute atomic E-state index is 13.3. The van der Waals surface area contributed by atoms with E-state index in [-0.39, 0.29) is 0 Å². The van der Waals surface area contributed by atoms with Gasteiger partial charge in [0.25, 0.3) is 5.91 Å². The fraction of sp³-hybridized carbons (Fsp3) is 0.308. The first-order valence-electron chi connectivity index (χ1n) is 11.5. The average molecular weight is 491 g/mol. The number of fused-ring (bicyclic) bond motifs is 1. The summed E-state index contributed by atoms with van der Waals surface area (Å²) in [6.45, 7) is 1.29. The summed E-state index contributed by atoms with van der Waals surface area (Å²) in [4.78, 5) is 37.0. The summed E-state index contributed by atoms with van der Waals surface area (Å²) >= 11 is 1.61. The number of anilines is 1. The number of pyridine rings is 1. The van der Waals surface area contributed by atoms with Gasteiger partial charge in [0.2, 0.25) is 11.7 Å². The molecule has 1 unspecified atom stereocenters. The number of benzene rings is 1. The monoisotopic (exact) mass is 490 g/mol. The minimum absolute atomic E-state index is 0.305. The molecule has 4 heterocycles. The van der Waals surface area contributed by atoms with Gasteiger partial charge in [0.05, 0.1) is 26.3 Å². The molecule has 0 bridgehead atoms. The molecule has 1 saturated heterocycles. The predicted molar refractivity (Wildman–Crippen MR) is 134 cm³/mol. The topological polar surface area (TPSA) is 93.7 Å². The lowest BCUT2D eigenvalue weighted by molar-refractivity contribution is -0.145. The molecule has 0 aliphatic carbocycles. The van der Waals surface area contributed by atoms with E-state index in [0.29, 0.717) is 55.4 Å². The van der Waals surface area contributed by atoms with Crippen LogP contribution < -0.4 is 14.8 Å². The first-order chi connectivity index (χ1) is 17.1. The van der Waals surface area contributed by atoms with Crippen LogP contribution in [0.15, 0.2) is 53.7 Å². The summed E-state index contributed by atoms with van der Waals surface area (Å²) in [7, 11) is 3.04. The number of likely N-dealkylation sites (tertiary alicyclic amines) is 1. The molecule has 0 radical (unpaired) electrons. The van der Waals surface area contributed by atoms with Gasteiger partial charge in [-0.25, -0.2) is 9.97 Å². The minimum atomic E-state index is -0.642. The van der Waals surface area contributed by atoms with Gasteiger partial charge in [-0.3, -0.25) is 9.59 Å². The Morgan fingerprint density at radius 1 is 1.09 bits per heavy atom. The Bertz CT molecular complexity index is 1260. The van der Waals surface area contributed by atoms with E-state index in [1.807, 2.05) is 29.8 Å². The van der Waals surface area contributed by atoms with Crippen LogP contribution in [0.4, 0.5) is 5.69 Å². The van der Waals surface area contributed by atoms with Crippen LogP contribution in [0.1, 0.15) is 34.9 Å². The summed E-state index contributed by atoms with van der Waals surface area (Å²) in [6.07, 6.45) is 4.73. The number of ketones is 1. The number of carbonyl (C=O) groups excluding carboxylic acids is 2. The molecular weight excluding hydrogens is 464 g/mol. The third-order valence-electron chi connectivity index (χ3n) is 6.54. The normalized spacial score (nSPS) is 16.9. The van der Waals surface area contributed by atoms with Gasteiger partial charge in [-0.15, -0.1) is 11.3 Å². The number of Topliss-reactive ketones (excluding diaryl/α,β-unsaturated/α-hetero) is 1. The van der Waals surface area contributed by atoms with Crippen LogP contribution in [0.3, 0.4) is 0 Å². The smallest absolute Gasteiger partial charge is 0.290 e. The molecule has 1 atom stereocenters. The largest absolute Gasteiger partial charge is 0.495 e. The molecule has 0 spiro atoms. The number of ether oxygens (including phenoxy) is 2. The van der Waals surface area contributed by atoms with E-state index in [1.165, 1.54) is 26.0 Å². The number of piperidine rings is 1. The van der Waals surface area contributed by atoms with Crippen LogP contribution in [0.5, 0.6) is 11.6 Å². The van der Waals surface area contributed by atoms with Gasteiger partial charge in [-0.05, 0) is 18.4 Å². The zero-order chi connectivity index (χ0) is 24.4. The Balaban J connectivity index is 1.36. The van der Waals surface area contributed by atoms with E-state index in [4.69, 9.17) is 9.47 Å². The van der Waals surface area contributed by atoms with Crippen LogP contribution in [-0.2, 0) is 9.59 Å². The van der Waals surface area contributed by atoms with E-state index in [9.17, 15) is 9.59 Å². The molecule has 3 aromatic rings. The van der Waals surface area contributed by atoms with Gasteiger partial charge in [0.1, 0.15) is 16.4 Å². The van der Waals surface area contributed by atoms with Crippen molar-refractivity contribution < 1.29 is 19.1 Å². The number of aromatic nitrogens is 2. The van der Waals surface area contributed by atoms with Gasteiger partial charge in [0.15, 0.2) is 0 Å². The van der Waals surface area contributed by atoms with Crippen LogP contribution in [0.25, 0.3) is 5.57 Å². The van der Waals surface area contributed by atoms with Crippen LogP contribution in [0, 0.1) is 0 Å². The number of carbonyl (C=O) groups is 2. The van der Waals surface area contributed by atoms with E-state index in [1.54, 1.807) is 16.2 Å². The molecule has 2 aromatic heterocycles. The Morgan fingerprint density at radius 2 is 1.86 bits per heavy atom. The highest BCUT2D eigenvalue weighted by Crippen LogP contribution is 2.43. The maximum atomic E-state index is 13.3. The van der Waals surface area contributed by atoms with Crippen molar-refractivity contribution in [1.29, 1.82) is 0 Å². The zero-order valence-corrected chi connectivity index (χ0v) is 20.4.